The number of nitrogens with one attached hydrogen (secondary N) is 2. The average Bonchev–Trinajstić information content (AvgIpc) is 2.55. The van der Waals surface area contributed by atoms with Crippen molar-refractivity contribution in [3.05, 3.63) is 70.7 Å². The highest BCUT2D eigenvalue weighted by Gasteiger charge is 2.10. The fourth-order valence-corrected chi connectivity index (χ4v) is 2.22. The van der Waals surface area contributed by atoms with Gasteiger partial charge in [0.25, 0.3) is 0 Å². The van der Waals surface area contributed by atoms with Crippen LogP contribution in [0.1, 0.15) is 11.4 Å². The number of pyridine rings is 1. The molecule has 7 nitrogen and oxygen atoms in total. The molecule has 7 heteroatoms. The van der Waals surface area contributed by atoms with E-state index >= 15 is 0 Å². The molecule has 0 aliphatic carbocycles. The molecule has 0 saturated heterocycles. The van der Waals surface area contributed by atoms with E-state index in [1.807, 2.05) is 31.2 Å². The standard InChI is InChI=1S/C16H16N6O/c1-11-5-3-4-6-14(11)22-12(2)18-15(19-16(22)23)21-20-13-7-9-17-10-8-13/h3-10H,1-2H3,(H,17,20)(H,19,21,23). The Hall–Kier alpha value is -3.22. The van der Waals surface area contributed by atoms with E-state index in [9.17, 15) is 4.79 Å². The van der Waals surface area contributed by atoms with Gasteiger partial charge in [-0.05, 0) is 37.6 Å². The molecular weight excluding hydrogens is 292 g/mol. The monoisotopic (exact) mass is 308 g/mol. The van der Waals surface area contributed by atoms with Crippen LogP contribution in [0.2, 0.25) is 0 Å². The van der Waals surface area contributed by atoms with Gasteiger partial charge in [0.05, 0.1) is 11.4 Å². The molecule has 0 fully saturated rings. The van der Waals surface area contributed by atoms with Gasteiger partial charge in [0.15, 0.2) is 0 Å². The van der Waals surface area contributed by atoms with Crippen molar-refractivity contribution >= 4 is 11.6 Å². The van der Waals surface area contributed by atoms with Gasteiger partial charge in [-0.25, -0.2) is 9.36 Å². The topological polar surface area (TPSA) is 84.7 Å². The van der Waals surface area contributed by atoms with Gasteiger partial charge < -0.3 is 0 Å². The van der Waals surface area contributed by atoms with Crippen LogP contribution in [0.5, 0.6) is 0 Å². The van der Waals surface area contributed by atoms with E-state index < -0.39 is 0 Å². The summed E-state index contributed by atoms with van der Waals surface area (Å²) in [7, 11) is 0. The van der Waals surface area contributed by atoms with Crippen LogP contribution in [0.3, 0.4) is 0 Å². The summed E-state index contributed by atoms with van der Waals surface area (Å²) in [6.45, 7) is 3.71. The number of nitrogens with zero attached hydrogens (tertiary/aromatic N) is 4. The molecule has 2 heterocycles. The molecule has 0 aliphatic heterocycles. The molecule has 3 rings (SSSR count). The Morgan fingerprint density at radius 2 is 1.70 bits per heavy atom. The smallest absolute Gasteiger partial charge is 0.298 e. The van der Waals surface area contributed by atoms with E-state index in [-0.39, 0.29) is 11.6 Å². The highest BCUT2D eigenvalue weighted by Crippen LogP contribution is 2.13. The fraction of sp³-hybridized carbons (Fsp3) is 0.125. The van der Waals surface area contributed by atoms with Crippen molar-refractivity contribution in [2.45, 2.75) is 13.8 Å². The molecule has 0 atom stereocenters. The molecule has 2 aromatic heterocycles. The van der Waals surface area contributed by atoms with Crippen molar-refractivity contribution in [1.82, 2.24) is 19.5 Å². The van der Waals surface area contributed by atoms with Crippen LogP contribution in [-0.4, -0.2) is 19.5 Å². The van der Waals surface area contributed by atoms with Gasteiger partial charge in [-0.2, -0.15) is 9.97 Å². The summed E-state index contributed by atoms with van der Waals surface area (Å²) in [5.41, 5.74) is 7.92. The SMILES string of the molecule is Cc1ccccc1-n1c(C)nc(NNc2ccncc2)nc1=O. The maximum atomic E-state index is 12.4. The van der Waals surface area contributed by atoms with Crippen LogP contribution >= 0.6 is 0 Å². The molecule has 23 heavy (non-hydrogen) atoms. The zero-order valence-corrected chi connectivity index (χ0v) is 12.8. The number of para-hydroxylation sites is 1. The number of aromatic nitrogens is 4. The Morgan fingerprint density at radius 3 is 2.39 bits per heavy atom. The molecule has 0 amide bonds. The molecule has 0 aliphatic rings. The van der Waals surface area contributed by atoms with E-state index in [1.54, 1.807) is 31.5 Å². The number of rotatable bonds is 4. The summed E-state index contributed by atoms with van der Waals surface area (Å²) >= 11 is 0. The number of hydrazine groups is 1. The van der Waals surface area contributed by atoms with Crippen LogP contribution in [0.25, 0.3) is 5.69 Å². The first-order valence-corrected chi connectivity index (χ1v) is 7.11. The molecule has 0 unspecified atom stereocenters. The molecular formula is C16H16N6O. The highest BCUT2D eigenvalue weighted by molar-refractivity contribution is 5.46. The second-order valence-corrected chi connectivity index (χ2v) is 4.98. The Labute approximate surface area is 133 Å². The molecule has 2 N–H and O–H groups in total. The van der Waals surface area contributed by atoms with Gasteiger partial charge in [0.2, 0.25) is 5.95 Å². The third-order valence-electron chi connectivity index (χ3n) is 3.34. The molecule has 116 valence electrons. The second-order valence-electron chi connectivity index (χ2n) is 4.98. The quantitative estimate of drug-likeness (QED) is 0.718. The van der Waals surface area contributed by atoms with Crippen LogP contribution in [0.4, 0.5) is 11.6 Å². The lowest BCUT2D eigenvalue weighted by Gasteiger charge is -2.13. The van der Waals surface area contributed by atoms with Crippen molar-refractivity contribution in [2.75, 3.05) is 10.9 Å². The summed E-state index contributed by atoms with van der Waals surface area (Å²) in [6.07, 6.45) is 3.32. The van der Waals surface area contributed by atoms with Crippen molar-refractivity contribution in [3.8, 4) is 5.69 Å². The van der Waals surface area contributed by atoms with Crippen LogP contribution < -0.4 is 16.5 Å². The number of benzene rings is 1. The van der Waals surface area contributed by atoms with Crippen molar-refractivity contribution < 1.29 is 0 Å². The largest absolute Gasteiger partial charge is 0.356 e. The zero-order chi connectivity index (χ0) is 16.2. The zero-order valence-electron chi connectivity index (χ0n) is 12.8. The van der Waals surface area contributed by atoms with E-state index in [2.05, 4.69) is 25.8 Å². The van der Waals surface area contributed by atoms with Gasteiger partial charge >= 0.3 is 5.69 Å². The predicted molar refractivity (Wildman–Crippen MR) is 88.6 cm³/mol. The molecule has 0 saturated carbocycles. The van der Waals surface area contributed by atoms with Gasteiger partial charge in [0, 0.05) is 12.4 Å². The minimum absolute atomic E-state index is 0.217. The number of aryl methyl sites for hydroxylation is 2. The Balaban J connectivity index is 1.89. The van der Waals surface area contributed by atoms with E-state index in [0.29, 0.717) is 5.82 Å². The van der Waals surface area contributed by atoms with Crippen LogP contribution in [-0.2, 0) is 0 Å². The molecule has 3 aromatic rings. The summed E-state index contributed by atoms with van der Waals surface area (Å²) in [6, 6.07) is 11.2. The fourth-order valence-electron chi connectivity index (χ4n) is 2.22. The minimum Gasteiger partial charge on any atom is -0.298 e. The second kappa shape index (κ2) is 6.27. The first kappa shape index (κ1) is 14.7. The van der Waals surface area contributed by atoms with E-state index in [4.69, 9.17) is 0 Å². The Morgan fingerprint density at radius 1 is 0.957 bits per heavy atom. The number of hydrogen-bond acceptors (Lipinski definition) is 6. The van der Waals surface area contributed by atoms with Gasteiger partial charge in [-0.3, -0.25) is 15.8 Å². The first-order valence-electron chi connectivity index (χ1n) is 7.11. The lowest BCUT2D eigenvalue weighted by atomic mass is 10.2. The van der Waals surface area contributed by atoms with E-state index in [1.165, 1.54) is 4.57 Å². The summed E-state index contributed by atoms with van der Waals surface area (Å²) in [4.78, 5) is 24.6. The van der Waals surface area contributed by atoms with Gasteiger partial charge in [-0.1, -0.05) is 18.2 Å². The Kier molecular flexibility index (Phi) is 4.01. The normalized spacial score (nSPS) is 10.3. The van der Waals surface area contributed by atoms with E-state index in [0.717, 1.165) is 16.9 Å². The lowest BCUT2D eigenvalue weighted by molar-refractivity contribution is 0.809. The molecule has 0 bridgehead atoms. The van der Waals surface area contributed by atoms with Crippen molar-refractivity contribution in [2.24, 2.45) is 0 Å². The Bertz CT molecular complexity index is 875. The third kappa shape index (κ3) is 3.18. The number of anilines is 2. The minimum atomic E-state index is -0.383. The molecule has 1 aromatic carbocycles. The summed E-state index contributed by atoms with van der Waals surface area (Å²) < 4.78 is 1.49. The van der Waals surface area contributed by atoms with Crippen LogP contribution in [0, 0.1) is 13.8 Å². The average molecular weight is 308 g/mol. The van der Waals surface area contributed by atoms with Crippen LogP contribution in [0.15, 0.2) is 53.6 Å². The lowest BCUT2D eigenvalue weighted by Crippen LogP contribution is -2.28. The van der Waals surface area contributed by atoms with Crippen molar-refractivity contribution in [3.63, 3.8) is 0 Å². The van der Waals surface area contributed by atoms with Gasteiger partial charge in [-0.15, -0.1) is 0 Å². The molecule has 0 radical (unpaired) electrons. The number of hydrogen-bond donors (Lipinski definition) is 2. The first-order chi connectivity index (χ1) is 11.1. The summed E-state index contributed by atoms with van der Waals surface area (Å²) in [5, 5.41) is 0. The maximum absolute atomic E-state index is 12.4. The molecule has 0 spiro atoms. The van der Waals surface area contributed by atoms with Crippen molar-refractivity contribution in [1.29, 1.82) is 0 Å². The maximum Gasteiger partial charge on any atom is 0.356 e. The van der Waals surface area contributed by atoms with Gasteiger partial charge in [0.1, 0.15) is 5.82 Å². The third-order valence-corrected chi connectivity index (χ3v) is 3.34. The summed E-state index contributed by atoms with van der Waals surface area (Å²) in [5.74, 6) is 0.771. The highest BCUT2D eigenvalue weighted by atomic mass is 16.1. The predicted octanol–water partition coefficient (Wildman–Crippen LogP) is 2.08.